The lowest BCUT2D eigenvalue weighted by molar-refractivity contribution is 0.247. The minimum absolute atomic E-state index is 0. The van der Waals surface area contributed by atoms with E-state index in [-0.39, 0.29) is 12.4 Å². The van der Waals surface area contributed by atoms with Gasteiger partial charge in [0, 0.05) is 23.6 Å². The molecule has 1 aromatic carbocycles. The fourth-order valence-corrected chi connectivity index (χ4v) is 5.50. The van der Waals surface area contributed by atoms with Gasteiger partial charge in [0.15, 0.2) is 0 Å². The monoisotopic (exact) mass is 380 g/mol. The highest BCUT2D eigenvalue weighted by atomic mass is 79.9. The fraction of sp³-hybridized carbons (Fsp3) is 0.538. The maximum atomic E-state index is 12.7. The number of hydrogen-bond acceptors (Lipinski definition) is 3. The van der Waals surface area contributed by atoms with Crippen LogP contribution in [-0.2, 0) is 10.0 Å². The molecule has 2 heterocycles. The molecule has 0 aliphatic carbocycles. The largest absolute Gasteiger partial charge is 0.314 e. The van der Waals surface area contributed by atoms with Crippen LogP contribution in [0.1, 0.15) is 12.8 Å². The zero-order chi connectivity index (χ0) is 13.5. The van der Waals surface area contributed by atoms with Gasteiger partial charge in [0.25, 0.3) is 0 Å². The van der Waals surface area contributed by atoms with Crippen LogP contribution in [0.25, 0.3) is 0 Å². The second-order valence-electron chi connectivity index (χ2n) is 5.19. The molecule has 0 amide bonds. The summed E-state index contributed by atoms with van der Waals surface area (Å²) >= 11 is 3.34. The maximum Gasteiger partial charge on any atom is 0.244 e. The van der Waals surface area contributed by atoms with Crippen molar-refractivity contribution in [2.75, 3.05) is 19.6 Å². The molecule has 2 atom stereocenters. The van der Waals surface area contributed by atoms with Gasteiger partial charge in [0.2, 0.25) is 10.0 Å². The summed E-state index contributed by atoms with van der Waals surface area (Å²) in [5.41, 5.74) is 0. The minimum atomic E-state index is -3.37. The normalized spacial score (nSPS) is 26.9. The lowest BCUT2D eigenvalue weighted by Crippen LogP contribution is -2.46. The Labute approximate surface area is 134 Å². The highest BCUT2D eigenvalue weighted by Gasteiger charge is 2.38. The van der Waals surface area contributed by atoms with Gasteiger partial charge < -0.3 is 5.32 Å². The molecule has 0 radical (unpaired) electrons. The summed E-state index contributed by atoms with van der Waals surface area (Å²) in [6.07, 6.45) is 1.99. The van der Waals surface area contributed by atoms with Gasteiger partial charge in [-0.3, -0.25) is 0 Å². The van der Waals surface area contributed by atoms with Crippen LogP contribution in [0.5, 0.6) is 0 Å². The van der Waals surface area contributed by atoms with Crippen LogP contribution in [0.15, 0.2) is 33.6 Å². The molecule has 0 aromatic heterocycles. The highest BCUT2D eigenvalue weighted by Crippen LogP contribution is 2.31. The van der Waals surface area contributed by atoms with Crippen molar-refractivity contribution in [3.8, 4) is 0 Å². The molecule has 4 nitrogen and oxygen atoms in total. The Morgan fingerprint density at radius 2 is 2.00 bits per heavy atom. The summed E-state index contributed by atoms with van der Waals surface area (Å²) in [7, 11) is -3.37. The molecule has 2 aliphatic rings. The van der Waals surface area contributed by atoms with Gasteiger partial charge in [0.1, 0.15) is 0 Å². The van der Waals surface area contributed by atoms with Crippen LogP contribution >= 0.6 is 28.3 Å². The topological polar surface area (TPSA) is 49.4 Å². The second-order valence-corrected chi connectivity index (χ2v) is 7.95. The van der Waals surface area contributed by atoms with Crippen molar-refractivity contribution in [3.63, 3.8) is 0 Å². The highest BCUT2D eigenvalue weighted by molar-refractivity contribution is 9.10. The summed E-state index contributed by atoms with van der Waals surface area (Å²) in [5, 5.41) is 3.45. The number of rotatable bonds is 2. The van der Waals surface area contributed by atoms with E-state index >= 15 is 0 Å². The number of sulfonamides is 1. The summed E-state index contributed by atoms with van der Waals surface area (Å²) in [6, 6.07) is 7.54. The first kappa shape index (κ1) is 16.2. The third kappa shape index (κ3) is 2.90. The number of halogens is 2. The Bertz CT molecular complexity index is 581. The third-order valence-electron chi connectivity index (χ3n) is 4.07. The summed E-state index contributed by atoms with van der Waals surface area (Å²) in [5.74, 6) is 0.464. The maximum absolute atomic E-state index is 12.7. The molecule has 7 heteroatoms. The zero-order valence-electron chi connectivity index (χ0n) is 11.0. The average Bonchev–Trinajstić information content (AvgIpc) is 2.86. The first-order valence-corrected chi connectivity index (χ1v) is 8.80. The van der Waals surface area contributed by atoms with E-state index in [1.165, 1.54) is 0 Å². The smallest absolute Gasteiger partial charge is 0.244 e. The number of nitrogens with zero attached hydrogens (tertiary/aromatic N) is 1. The quantitative estimate of drug-likeness (QED) is 0.855. The van der Waals surface area contributed by atoms with E-state index in [0.29, 0.717) is 34.4 Å². The molecule has 0 spiro atoms. The van der Waals surface area contributed by atoms with Crippen molar-refractivity contribution < 1.29 is 8.42 Å². The SMILES string of the molecule is Cl.O=S(=O)(c1ccccc1Br)N1CCC2NCCC2C1. The van der Waals surface area contributed by atoms with Crippen molar-refractivity contribution in [1.29, 1.82) is 0 Å². The molecule has 2 aliphatic heterocycles. The van der Waals surface area contributed by atoms with Crippen LogP contribution < -0.4 is 5.32 Å². The molecule has 3 rings (SSSR count). The number of nitrogens with one attached hydrogen (secondary N) is 1. The Balaban J connectivity index is 0.00000147. The predicted octanol–water partition coefficient (Wildman–Crippen LogP) is 2.24. The van der Waals surface area contributed by atoms with Gasteiger partial charge in [-0.15, -0.1) is 12.4 Å². The molecule has 0 saturated carbocycles. The van der Waals surface area contributed by atoms with Crippen molar-refractivity contribution in [3.05, 3.63) is 28.7 Å². The van der Waals surface area contributed by atoms with Crippen LogP contribution in [0.4, 0.5) is 0 Å². The number of hydrogen-bond donors (Lipinski definition) is 1. The van der Waals surface area contributed by atoms with Gasteiger partial charge in [-0.2, -0.15) is 4.31 Å². The van der Waals surface area contributed by atoms with E-state index in [0.717, 1.165) is 19.4 Å². The molecular formula is C13H18BrClN2O2S. The predicted molar refractivity (Wildman–Crippen MR) is 84.7 cm³/mol. The van der Waals surface area contributed by atoms with E-state index in [4.69, 9.17) is 0 Å². The van der Waals surface area contributed by atoms with Gasteiger partial charge in [0.05, 0.1) is 4.90 Å². The van der Waals surface area contributed by atoms with Gasteiger partial charge in [-0.25, -0.2) is 8.42 Å². The van der Waals surface area contributed by atoms with Crippen molar-refractivity contribution in [2.45, 2.75) is 23.8 Å². The lowest BCUT2D eigenvalue weighted by atomic mass is 9.95. The molecule has 2 fully saturated rings. The van der Waals surface area contributed by atoms with E-state index in [1.54, 1.807) is 22.5 Å². The Kier molecular flexibility index (Phi) is 5.13. The number of benzene rings is 1. The average molecular weight is 382 g/mol. The molecular weight excluding hydrogens is 364 g/mol. The molecule has 112 valence electrons. The van der Waals surface area contributed by atoms with E-state index in [9.17, 15) is 8.42 Å². The Hall–Kier alpha value is -0.140. The summed E-state index contributed by atoms with van der Waals surface area (Å²) < 4.78 is 27.6. The first-order valence-electron chi connectivity index (χ1n) is 6.57. The van der Waals surface area contributed by atoms with Gasteiger partial charge in [-0.05, 0) is 53.4 Å². The van der Waals surface area contributed by atoms with Crippen molar-refractivity contribution >= 4 is 38.4 Å². The summed E-state index contributed by atoms with van der Waals surface area (Å²) in [6.45, 7) is 2.26. The fourth-order valence-electron chi connectivity index (χ4n) is 3.03. The second kappa shape index (κ2) is 6.32. The minimum Gasteiger partial charge on any atom is -0.314 e. The lowest BCUT2D eigenvalue weighted by Gasteiger charge is -2.34. The Morgan fingerprint density at radius 3 is 2.75 bits per heavy atom. The van der Waals surface area contributed by atoms with Crippen LogP contribution in [0, 0.1) is 5.92 Å². The molecule has 0 bridgehead atoms. The third-order valence-corrected chi connectivity index (χ3v) is 6.95. The van der Waals surface area contributed by atoms with Crippen LogP contribution in [0.3, 0.4) is 0 Å². The number of fused-ring (bicyclic) bond motifs is 1. The number of piperidine rings is 1. The van der Waals surface area contributed by atoms with Crippen molar-refractivity contribution in [2.24, 2.45) is 5.92 Å². The first-order chi connectivity index (χ1) is 9.09. The van der Waals surface area contributed by atoms with Crippen LogP contribution in [-0.4, -0.2) is 38.4 Å². The molecule has 2 unspecified atom stereocenters. The Morgan fingerprint density at radius 1 is 1.25 bits per heavy atom. The molecule has 1 N–H and O–H groups in total. The van der Waals surface area contributed by atoms with E-state index in [2.05, 4.69) is 21.2 Å². The molecule has 20 heavy (non-hydrogen) atoms. The van der Waals surface area contributed by atoms with E-state index < -0.39 is 10.0 Å². The molecule has 1 aromatic rings. The standard InChI is InChI=1S/C13H17BrN2O2S.ClH/c14-11-3-1-2-4-13(11)19(17,18)16-8-6-12-10(9-16)5-7-15-12;/h1-4,10,12,15H,5-9H2;1H. The summed E-state index contributed by atoms with van der Waals surface area (Å²) in [4.78, 5) is 0.374. The van der Waals surface area contributed by atoms with Crippen LogP contribution in [0.2, 0.25) is 0 Å². The zero-order valence-corrected chi connectivity index (χ0v) is 14.2. The van der Waals surface area contributed by atoms with Crippen molar-refractivity contribution in [1.82, 2.24) is 9.62 Å². The van der Waals surface area contributed by atoms with Gasteiger partial charge >= 0.3 is 0 Å². The van der Waals surface area contributed by atoms with Gasteiger partial charge in [-0.1, -0.05) is 12.1 Å². The molecule has 2 saturated heterocycles. The van der Waals surface area contributed by atoms with E-state index in [1.807, 2.05) is 6.07 Å².